The maximum absolute atomic E-state index is 12.2. The molecule has 1 fully saturated rings. The summed E-state index contributed by atoms with van der Waals surface area (Å²) < 4.78 is 15.4. The lowest BCUT2D eigenvalue weighted by Gasteiger charge is -2.29. The summed E-state index contributed by atoms with van der Waals surface area (Å²) in [5.74, 6) is 0.504. The van der Waals surface area contributed by atoms with E-state index < -0.39 is 12.2 Å². The summed E-state index contributed by atoms with van der Waals surface area (Å²) in [4.78, 5) is 25.0. The number of rotatable bonds is 4. The first-order chi connectivity index (χ1) is 10.6. The number of carbonyl (C=O) groups excluding carboxylic acids is 2. The second-order valence-corrected chi connectivity index (χ2v) is 4.84. The van der Waals surface area contributed by atoms with E-state index >= 15 is 0 Å². The van der Waals surface area contributed by atoms with Crippen LogP contribution in [0, 0.1) is 0 Å². The Kier molecular flexibility index (Phi) is 5.60. The number of benzene rings is 1. The number of anilines is 1. The number of ether oxygens (including phenoxy) is 3. The maximum Gasteiger partial charge on any atom is 0.411 e. The Bertz CT molecular complexity index is 511. The first kappa shape index (κ1) is 16.1. The highest BCUT2D eigenvalue weighted by Gasteiger charge is 2.23. The number of carbonyl (C=O) groups is 2. The van der Waals surface area contributed by atoms with E-state index in [1.165, 1.54) is 7.11 Å². The van der Waals surface area contributed by atoms with Crippen LogP contribution in [0.25, 0.3) is 0 Å². The number of methoxy groups -OCH3 is 1. The Morgan fingerprint density at radius 2 is 1.86 bits per heavy atom. The Morgan fingerprint density at radius 1 is 1.23 bits per heavy atom. The molecule has 1 aromatic rings. The molecule has 22 heavy (non-hydrogen) atoms. The molecule has 0 bridgehead atoms. The third kappa shape index (κ3) is 4.36. The van der Waals surface area contributed by atoms with Crippen molar-refractivity contribution < 1.29 is 23.8 Å². The van der Waals surface area contributed by atoms with Crippen molar-refractivity contribution in [3.63, 3.8) is 0 Å². The largest absolute Gasteiger partial charge is 0.481 e. The summed E-state index contributed by atoms with van der Waals surface area (Å²) in [6, 6.07) is 6.74. The third-order valence-electron chi connectivity index (χ3n) is 3.27. The normalized spacial score (nSPS) is 15.8. The number of nitrogens with one attached hydrogen (secondary N) is 1. The first-order valence-corrected chi connectivity index (χ1v) is 7.08. The molecule has 0 aliphatic carbocycles. The summed E-state index contributed by atoms with van der Waals surface area (Å²) in [6.45, 7) is 4.03. The van der Waals surface area contributed by atoms with Crippen LogP contribution in [0.1, 0.15) is 6.92 Å². The fourth-order valence-electron chi connectivity index (χ4n) is 2.08. The molecule has 7 nitrogen and oxygen atoms in total. The molecule has 0 radical (unpaired) electrons. The zero-order valence-electron chi connectivity index (χ0n) is 12.7. The van der Waals surface area contributed by atoms with Gasteiger partial charge in [-0.3, -0.25) is 10.1 Å². The van der Waals surface area contributed by atoms with Gasteiger partial charge in [-0.2, -0.15) is 0 Å². The van der Waals surface area contributed by atoms with Gasteiger partial charge in [0.2, 0.25) is 0 Å². The fraction of sp³-hybridized carbons (Fsp3) is 0.467. The maximum atomic E-state index is 12.2. The Hall–Kier alpha value is -2.28. The zero-order valence-corrected chi connectivity index (χ0v) is 12.7. The summed E-state index contributed by atoms with van der Waals surface area (Å²) in [6.07, 6.45) is -1.11. The lowest BCUT2D eigenvalue weighted by molar-refractivity contribution is -0.142. The molecule has 1 heterocycles. The van der Waals surface area contributed by atoms with Crippen molar-refractivity contribution in [1.82, 2.24) is 4.90 Å². The van der Waals surface area contributed by atoms with Gasteiger partial charge in [0, 0.05) is 18.8 Å². The molecule has 2 amide bonds. The van der Waals surface area contributed by atoms with Gasteiger partial charge in [0.25, 0.3) is 5.91 Å². The van der Waals surface area contributed by atoms with Crippen LogP contribution >= 0.6 is 0 Å². The van der Waals surface area contributed by atoms with Crippen molar-refractivity contribution in [2.45, 2.75) is 13.0 Å². The van der Waals surface area contributed by atoms with Crippen molar-refractivity contribution in [2.24, 2.45) is 0 Å². The highest BCUT2D eigenvalue weighted by molar-refractivity contribution is 5.84. The van der Waals surface area contributed by atoms with E-state index in [1.54, 1.807) is 36.1 Å². The second-order valence-electron chi connectivity index (χ2n) is 4.84. The van der Waals surface area contributed by atoms with Crippen molar-refractivity contribution in [2.75, 3.05) is 38.7 Å². The number of amides is 2. The number of hydrogen-bond acceptors (Lipinski definition) is 5. The first-order valence-electron chi connectivity index (χ1n) is 7.08. The molecular weight excluding hydrogens is 288 g/mol. The molecule has 2 rings (SSSR count). The quantitative estimate of drug-likeness (QED) is 0.912. The van der Waals surface area contributed by atoms with Crippen molar-refractivity contribution >= 4 is 17.7 Å². The Balaban J connectivity index is 1.89. The second kappa shape index (κ2) is 7.65. The molecule has 0 spiro atoms. The summed E-state index contributed by atoms with van der Waals surface area (Å²) in [7, 11) is 1.30. The minimum atomic E-state index is -0.572. The number of morpholine rings is 1. The van der Waals surface area contributed by atoms with E-state index in [-0.39, 0.29) is 5.91 Å². The minimum absolute atomic E-state index is 0.0555. The van der Waals surface area contributed by atoms with Gasteiger partial charge in [-0.25, -0.2) is 4.79 Å². The van der Waals surface area contributed by atoms with E-state index in [2.05, 4.69) is 10.1 Å². The molecule has 1 atom stereocenters. The highest BCUT2D eigenvalue weighted by Crippen LogP contribution is 2.18. The monoisotopic (exact) mass is 308 g/mol. The Morgan fingerprint density at radius 3 is 2.45 bits per heavy atom. The van der Waals surface area contributed by atoms with Crippen LogP contribution in [0.5, 0.6) is 5.75 Å². The summed E-state index contributed by atoms with van der Waals surface area (Å²) >= 11 is 0. The lowest BCUT2D eigenvalue weighted by atomic mass is 10.2. The molecule has 0 aromatic heterocycles. The predicted octanol–water partition coefficient (Wildman–Crippen LogP) is 1.49. The SMILES string of the molecule is COC(=O)Nc1ccc(O[C@@H](C)C(=O)N2CCOCC2)cc1. The number of nitrogens with zero attached hydrogens (tertiary/aromatic N) is 1. The van der Waals surface area contributed by atoms with Crippen molar-refractivity contribution in [3.8, 4) is 5.75 Å². The molecule has 1 aliphatic rings. The lowest BCUT2D eigenvalue weighted by Crippen LogP contribution is -2.46. The third-order valence-corrected chi connectivity index (χ3v) is 3.27. The molecule has 1 N–H and O–H groups in total. The molecule has 120 valence electrons. The number of hydrogen-bond donors (Lipinski definition) is 1. The van der Waals surface area contributed by atoms with Gasteiger partial charge in [-0.05, 0) is 31.2 Å². The summed E-state index contributed by atoms with van der Waals surface area (Å²) in [5.41, 5.74) is 0.589. The van der Waals surface area contributed by atoms with E-state index in [1.807, 2.05) is 0 Å². The van der Waals surface area contributed by atoms with Gasteiger partial charge in [-0.15, -0.1) is 0 Å². The average Bonchev–Trinajstić information content (AvgIpc) is 2.56. The summed E-state index contributed by atoms with van der Waals surface area (Å²) in [5, 5.41) is 2.54. The molecule has 0 unspecified atom stereocenters. The van der Waals surface area contributed by atoms with Crippen molar-refractivity contribution in [3.05, 3.63) is 24.3 Å². The zero-order chi connectivity index (χ0) is 15.9. The smallest absolute Gasteiger partial charge is 0.411 e. The van der Waals surface area contributed by atoms with Gasteiger partial charge in [0.05, 0.1) is 20.3 Å². The van der Waals surface area contributed by atoms with E-state index in [4.69, 9.17) is 9.47 Å². The van der Waals surface area contributed by atoms with Crippen LogP contribution in [-0.2, 0) is 14.3 Å². The molecule has 7 heteroatoms. The highest BCUT2D eigenvalue weighted by atomic mass is 16.5. The van der Waals surface area contributed by atoms with Crippen molar-refractivity contribution in [1.29, 1.82) is 0 Å². The van der Waals surface area contributed by atoms with Crippen LogP contribution in [0.15, 0.2) is 24.3 Å². The fourth-order valence-corrected chi connectivity index (χ4v) is 2.08. The van der Waals surface area contributed by atoms with E-state index in [0.717, 1.165) is 0 Å². The Labute approximate surface area is 129 Å². The van der Waals surface area contributed by atoms with Gasteiger partial charge in [0.15, 0.2) is 6.10 Å². The van der Waals surface area contributed by atoms with E-state index in [9.17, 15) is 9.59 Å². The minimum Gasteiger partial charge on any atom is -0.481 e. The van der Waals surface area contributed by atoms with Gasteiger partial charge in [-0.1, -0.05) is 0 Å². The molecular formula is C15H20N2O5. The van der Waals surface area contributed by atoms with E-state index in [0.29, 0.717) is 37.7 Å². The molecule has 0 saturated carbocycles. The predicted molar refractivity (Wildman–Crippen MR) is 80.0 cm³/mol. The van der Waals surface area contributed by atoms with Crippen LogP contribution in [0.3, 0.4) is 0 Å². The molecule has 1 aliphatic heterocycles. The molecule has 1 aromatic carbocycles. The molecule has 1 saturated heterocycles. The van der Waals surface area contributed by atoms with Crippen LogP contribution in [0.4, 0.5) is 10.5 Å². The average molecular weight is 308 g/mol. The van der Waals surface area contributed by atoms with Gasteiger partial charge < -0.3 is 19.1 Å². The van der Waals surface area contributed by atoms with Gasteiger partial charge in [0.1, 0.15) is 5.75 Å². The van der Waals surface area contributed by atoms with Crippen LogP contribution < -0.4 is 10.1 Å². The van der Waals surface area contributed by atoms with Crippen LogP contribution in [-0.4, -0.2) is 56.4 Å². The topological polar surface area (TPSA) is 77.1 Å². The standard InChI is InChI=1S/C15H20N2O5/c1-11(14(18)17-7-9-21-10-8-17)22-13-5-3-12(4-6-13)16-15(19)20-2/h3-6,11H,7-10H2,1-2H3,(H,16,19)/t11-/m0/s1. The van der Waals surface area contributed by atoms with Gasteiger partial charge >= 0.3 is 6.09 Å². The van der Waals surface area contributed by atoms with Crippen LogP contribution in [0.2, 0.25) is 0 Å².